The second-order valence-electron chi connectivity index (χ2n) is 5.53. The largest absolute Gasteiger partial charge is 0.365 e. The van der Waals surface area contributed by atoms with Gasteiger partial charge in [0.15, 0.2) is 0 Å². The number of amides is 1. The number of pyridine rings is 2. The third-order valence-electron chi connectivity index (χ3n) is 3.71. The van der Waals surface area contributed by atoms with Crippen molar-refractivity contribution in [3.63, 3.8) is 0 Å². The lowest BCUT2D eigenvalue weighted by Crippen LogP contribution is -2.26. The normalized spacial score (nSPS) is 10.3. The predicted molar refractivity (Wildman–Crippen MR) is 99.9 cm³/mol. The first-order valence-corrected chi connectivity index (χ1v) is 8.07. The van der Waals surface area contributed by atoms with E-state index in [1.54, 1.807) is 36.8 Å². The molecule has 0 spiro atoms. The number of nitrogens with one attached hydrogen (secondary N) is 2. The van der Waals surface area contributed by atoms with E-state index < -0.39 is 0 Å². The first kappa shape index (κ1) is 17.6. The molecule has 128 valence electrons. The number of aromatic nitrogens is 2. The van der Waals surface area contributed by atoms with Gasteiger partial charge in [0.2, 0.25) is 0 Å². The molecule has 0 aliphatic heterocycles. The van der Waals surface area contributed by atoms with E-state index in [-0.39, 0.29) is 12.5 Å². The number of anilines is 1. The van der Waals surface area contributed by atoms with E-state index in [1.165, 1.54) is 0 Å². The molecule has 0 bridgehead atoms. The van der Waals surface area contributed by atoms with Crippen molar-refractivity contribution in [1.29, 1.82) is 0 Å². The number of hydrogen-bond donors (Lipinski definition) is 2. The topological polar surface area (TPSA) is 76.1 Å². The monoisotopic (exact) mass is 344 g/mol. The van der Waals surface area contributed by atoms with Crippen LogP contribution in [0, 0.1) is 0 Å². The van der Waals surface area contributed by atoms with Crippen LogP contribution in [0.1, 0.15) is 21.5 Å². The van der Waals surface area contributed by atoms with Crippen molar-refractivity contribution < 1.29 is 9.63 Å². The molecule has 2 radical (unpaired) electrons. The summed E-state index contributed by atoms with van der Waals surface area (Å²) in [6.45, 7) is 0.708. The molecule has 3 aromatic rings. The fourth-order valence-electron chi connectivity index (χ4n) is 2.32. The molecular weight excluding hydrogens is 327 g/mol. The molecule has 0 aliphatic carbocycles. The lowest BCUT2D eigenvalue weighted by molar-refractivity contribution is 0.0236. The van der Waals surface area contributed by atoms with Gasteiger partial charge < -0.3 is 5.32 Å². The number of nitrogens with zero attached hydrogens (tertiary/aromatic N) is 2. The van der Waals surface area contributed by atoms with E-state index in [9.17, 15) is 4.79 Å². The zero-order valence-corrected chi connectivity index (χ0v) is 14.1. The minimum absolute atomic E-state index is 0.179. The van der Waals surface area contributed by atoms with Crippen molar-refractivity contribution in [3.05, 3.63) is 83.8 Å². The number of hydrogen-bond acceptors (Lipinski definition) is 5. The molecular formula is C19H17BN4O2. The molecule has 2 N–H and O–H groups in total. The second-order valence-corrected chi connectivity index (χ2v) is 5.53. The molecule has 1 amide bonds. The van der Waals surface area contributed by atoms with Gasteiger partial charge in [0.1, 0.15) is 13.7 Å². The maximum absolute atomic E-state index is 12.4. The van der Waals surface area contributed by atoms with E-state index in [4.69, 9.17) is 12.7 Å². The van der Waals surface area contributed by atoms with Gasteiger partial charge in [-0.1, -0.05) is 29.7 Å². The van der Waals surface area contributed by atoms with Gasteiger partial charge in [0, 0.05) is 25.1 Å². The van der Waals surface area contributed by atoms with Gasteiger partial charge in [-0.3, -0.25) is 14.6 Å². The Labute approximate surface area is 153 Å². The average molecular weight is 344 g/mol. The number of hydroxylamine groups is 1. The molecule has 0 fully saturated rings. The summed E-state index contributed by atoms with van der Waals surface area (Å²) in [6.07, 6.45) is 5.05. The van der Waals surface area contributed by atoms with Crippen LogP contribution in [0.4, 0.5) is 5.82 Å². The first-order valence-electron chi connectivity index (χ1n) is 8.07. The molecule has 0 saturated carbocycles. The number of rotatable bonds is 7. The average Bonchev–Trinajstić information content (AvgIpc) is 2.69. The van der Waals surface area contributed by atoms with Crippen LogP contribution >= 0.6 is 0 Å². The van der Waals surface area contributed by atoms with Crippen molar-refractivity contribution in [3.8, 4) is 0 Å². The van der Waals surface area contributed by atoms with Gasteiger partial charge in [-0.2, -0.15) is 0 Å². The molecule has 0 saturated heterocycles. The van der Waals surface area contributed by atoms with Gasteiger partial charge in [0.05, 0.1) is 12.2 Å². The summed E-state index contributed by atoms with van der Waals surface area (Å²) in [6, 6.07) is 14.5. The van der Waals surface area contributed by atoms with Gasteiger partial charge in [-0.25, -0.2) is 10.5 Å². The standard InChI is InChI=1S/C19H17BN4O2/c20-17-6-2-1-4-15(17)13-26-24-19(25)16-5-3-9-22-18(16)23-12-14-7-10-21-11-8-14/h1-11H,12-13H2,(H,22,23)(H,24,25). The maximum atomic E-state index is 12.4. The van der Waals surface area contributed by atoms with Gasteiger partial charge in [-0.05, 0) is 35.4 Å². The van der Waals surface area contributed by atoms with Crippen LogP contribution in [0.3, 0.4) is 0 Å². The molecule has 0 atom stereocenters. The van der Waals surface area contributed by atoms with Crippen LogP contribution in [-0.4, -0.2) is 23.7 Å². The van der Waals surface area contributed by atoms with Crippen LogP contribution in [0.5, 0.6) is 0 Å². The Bertz CT molecular complexity index is 874. The summed E-state index contributed by atoms with van der Waals surface area (Å²) in [5.74, 6) is 0.0921. The minimum atomic E-state index is -0.384. The van der Waals surface area contributed by atoms with Gasteiger partial charge in [-0.15, -0.1) is 0 Å². The Balaban J connectivity index is 1.59. The maximum Gasteiger partial charge on any atom is 0.278 e. The van der Waals surface area contributed by atoms with Crippen LogP contribution in [0.25, 0.3) is 0 Å². The highest BCUT2D eigenvalue weighted by atomic mass is 16.6. The van der Waals surface area contributed by atoms with Crippen molar-refractivity contribution >= 4 is 25.0 Å². The smallest absolute Gasteiger partial charge is 0.278 e. The molecule has 3 rings (SSSR count). The third-order valence-corrected chi connectivity index (χ3v) is 3.71. The Kier molecular flexibility index (Phi) is 5.95. The highest BCUT2D eigenvalue weighted by molar-refractivity contribution is 6.33. The van der Waals surface area contributed by atoms with E-state index in [0.29, 0.717) is 23.4 Å². The Morgan fingerprint density at radius 1 is 1.04 bits per heavy atom. The van der Waals surface area contributed by atoms with Crippen LogP contribution in [0.15, 0.2) is 67.1 Å². The molecule has 0 aliphatic rings. The zero-order chi connectivity index (χ0) is 18.2. The molecule has 26 heavy (non-hydrogen) atoms. The summed E-state index contributed by atoms with van der Waals surface area (Å²) in [7, 11) is 5.85. The number of carbonyl (C=O) groups is 1. The molecule has 2 heterocycles. The summed E-state index contributed by atoms with van der Waals surface area (Å²) in [5, 5.41) is 3.15. The Morgan fingerprint density at radius 2 is 1.85 bits per heavy atom. The van der Waals surface area contributed by atoms with Crippen molar-refractivity contribution in [2.75, 3.05) is 5.32 Å². The second kappa shape index (κ2) is 8.78. The third kappa shape index (κ3) is 4.67. The molecule has 2 aromatic heterocycles. The number of benzene rings is 1. The van der Waals surface area contributed by atoms with Crippen molar-refractivity contribution in [2.45, 2.75) is 13.2 Å². The fourth-order valence-corrected chi connectivity index (χ4v) is 2.32. The fraction of sp³-hybridized carbons (Fsp3) is 0.105. The van der Waals surface area contributed by atoms with Crippen molar-refractivity contribution in [1.82, 2.24) is 15.4 Å². The van der Waals surface area contributed by atoms with E-state index in [1.807, 2.05) is 30.3 Å². The number of carbonyl (C=O) groups excluding carboxylic acids is 1. The van der Waals surface area contributed by atoms with Crippen LogP contribution in [-0.2, 0) is 18.0 Å². The van der Waals surface area contributed by atoms with Crippen molar-refractivity contribution in [2.24, 2.45) is 0 Å². The Hall–Kier alpha value is -3.19. The summed E-state index contributed by atoms with van der Waals surface area (Å²) in [4.78, 5) is 25.9. The summed E-state index contributed by atoms with van der Waals surface area (Å²) in [5.41, 5.74) is 5.27. The van der Waals surface area contributed by atoms with E-state index in [2.05, 4.69) is 20.8 Å². The van der Waals surface area contributed by atoms with Crippen LogP contribution in [0.2, 0.25) is 0 Å². The van der Waals surface area contributed by atoms with Gasteiger partial charge >= 0.3 is 0 Å². The first-order chi connectivity index (χ1) is 12.7. The van der Waals surface area contributed by atoms with Gasteiger partial charge in [0.25, 0.3) is 5.91 Å². The molecule has 6 nitrogen and oxygen atoms in total. The lowest BCUT2D eigenvalue weighted by atomic mass is 9.91. The molecule has 1 aromatic carbocycles. The Morgan fingerprint density at radius 3 is 2.65 bits per heavy atom. The SMILES string of the molecule is [B]c1ccccc1CONC(=O)c1cccnc1NCc1ccncc1. The highest BCUT2D eigenvalue weighted by Gasteiger charge is 2.12. The van der Waals surface area contributed by atoms with Crippen LogP contribution < -0.4 is 16.3 Å². The highest BCUT2D eigenvalue weighted by Crippen LogP contribution is 2.13. The van der Waals surface area contributed by atoms with E-state index >= 15 is 0 Å². The summed E-state index contributed by atoms with van der Waals surface area (Å²) >= 11 is 0. The molecule has 7 heteroatoms. The zero-order valence-electron chi connectivity index (χ0n) is 14.1. The molecule has 0 unspecified atom stereocenters. The van der Waals surface area contributed by atoms with E-state index in [0.717, 1.165) is 11.1 Å². The quantitative estimate of drug-likeness (QED) is 0.504. The predicted octanol–water partition coefficient (Wildman–Crippen LogP) is 1.74. The minimum Gasteiger partial charge on any atom is -0.365 e. The lowest BCUT2D eigenvalue weighted by Gasteiger charge is -2.12. The summed E-state index contributed by atoms with van der Waals surface area (Å²) < 4.78 is 0.